The van der Waals surface area contributed by atoms with Gasteiger partial charge in [-0.15, -0.1) is 0 Å². The molecular weight excluding hydrogens is 196 g/mol. The maximum absolute atomic E-state index is 11.6. The van der Waals surface area contributed by atoms with Gasteiger partial charge in [0, 0.05) is 11.8 Å². The molecule has 1 saturated carbocycles. The fourth-order valence-electron chi connectivity index (χ4n) is 1.21. The minimum Gasteiger partial charge on any atom is -0.351 e. The van der Waals surface area contributed by atoms with E-state index in [1.807, 2.05) is 6.92 Å². The third-order valence-electron chi connectivity index (χ3n) is 2.35. The van der Waals surface area contributed by atoms with E-state index >= 15 is 0 Å². The second kappa shape index (κ2) is 4.70. The Hall–Kier alpha value is -0.690. The van der Waals surface area contributed by atoms with Crippen molar-refractivity contribution in [1.29, 1.82) is 5.26 Å². The van der Waals surface area contributed by atoms with Crippen LogP contribution in [0.2, 0.25) is 0 Å². The van der Waals surface area contributed by atoms with Gasteiger partial charge in [-0.1, -0.05) is 6.92 Å². The molecule has 0 aliphatic heterocycles. The predicted molar refractivity (Wildman–Crippen MR) is 57.9 cm³/mol. The number of carbonyl (C=O) groups excluding carboxylic acids is 1. The zero-order chi connectivity index (χ0) is 10.6. The average molecular weight is 212 g/mol. The zero-order valence-corrected chi connectivity index (χ0v) is 9.49. The lowest BCUT2D eigenvalue weighted by Crippen LogP contribution is -2.39. The lowest BCUT2D eigenvalue weighted by Gasteiger charge is -2.14. The van der Waals surface area contributed by atoms with E-state index in [-0.39, 0.29) is 11.9 Å². The van der Waals surface area contributed by atoms with E-state index < -0.39 is 5.41 Å². The average Bonchev–Trinajstić information content (AvgIpc) is 2.95. The van der Waals surface area contributed by atoms with Gasteiger partial charge in [-0.3, -0.25) is 4.79 Å². The SMILES string of the molecule is CCSCC(C)NC(=O)C1(C#N)CC1. The summed E-state index contributed by atoms with van der Waals surface area (Å²) in [5.41, 5.74) is -0.675. The molecule has 0 radical (unpaired) electrons. The first-order valence-electron chi connectivity index (χ1n) is 4.94. The van der Waals surface area contributed by atoms with Gasteiger partial charge in [-0.25, -0.2) is 0 Å². The summed E-state index contributed by atoms with van der Waals surface area (Å²) < 4.78 is 0. The van der Waals surface area contributed by atoms with Crippen molar-refractivity contribution in [1.82, 2.24) is 5.32 Å². The van der Waals surface area contributed by atoms with Gasteiger partial charge in [0.15, 0.2) is 0 Å². The highest BCUT2D eigenvalue weighted by Crippen LogP contribution is 2.45. The molecule has 0 spiro atoms. The summed E-state index contributed by atoms with van der Waals surface area (Å²) in [5.74, 6) is 1.90. The number of nitriles is 1. The van der Waals surface area contributed by atoms with Crippen LogP contribution in [0.1, 0.15) is 26.7 Å². The fourth-order valence-corrected chi connectivity index (χ4v) is 1.89. The maximum atomic E-state index is 11.6. The lowest BCUT2D eigenvalue weighted by molar-refractivity contribution is -0.124. The topological polar surface area (TPSA) is 52.9 Å². The summed E-state index contributed by atoms with van der Waals surface area (Å²) in [6, 6.07) is 2.26. The molecule has 1 fully saturated rings. The minimum atomic E-state index is -0.675. The van der Waals surface area contributed by atoms with Gasteiger partial charge >= 0.3 is 0 Å². The van der Waals surface area contributed by atoms with Crippen molar-refractivity contribution in [2.24, 2.45) is 5.41 Å². The largest absolute Gasteiger partial charge is 0.351 e. The molecule has 0 bridgehead atoms. The highest BCUT2D eigenvalue weighted by molar-refractivity contribution is 7.99. The predicted octanol–water partition coefficient (Wildman–Crippen LogP) is 1.55. The monoisotopic (exact) mass is 212 g/mol. The molecule has 0 aromatic rings. The Morgan fingerprint density at radius 2 is 2.36 bits per heavy atom. The van der Waals surface area contributed by atoms with Crippen LogP contribution in [0.15, 0.2) is 0 Å². The highest BCUT2D eigenvalue weighted by atomic mass is 32.2. The summed E-state index contributed by atoms with van der Waals surface area (Å²) in [6.45, 7) is 4.07. The summed E-state index contributed by atoms with van der Waals surface area (Å²) in [5, 5.41) is 11.7. The van der Waals surface area contributed by atoms with Crippen LogP contribution < -0.4 is 5.32 Å². The standard InChI is InChI=1S/C10H16N2OS/c1-3-14-6-8(2)12-9(13)10(7-11)4-5-10/h8H,3-6H2,1-2H3,(H,12,13). The molecule has 0 heterocycles. The molecule has 1 N–H and O–H groups in total. The molecule has 0 aromatic carbocycles. The molecule has 14 heavy (non-hydrogen) atoms. The Balaban J connectivity index is 2.31. The Morgan fingerprint density at radius 1 is 1.71 bits per heavy atom. The Morgan fingerprint density at radius 3 is 2.79 bits per heavy atom. The van der Waals surface area contributed by atoms with Gasteiger partial charge in [0.2, 0.25) is 5.91 Å². The minimum absolute atomic E-state index is 0.0794. The van der Waals surface area contributed by atoms with E-state index in [2.05, 4.69) is 18.3 Å². The first kappa shape index (κ1) is 11.4. The quantitative estimate of drug-likeness (QED) is 0.752. The number of hydrogen-bond donors (Lipinski definition) is 1. The Labute approximate surface area is 89.2 Å². The van der Waals surface area contributed by atoms with Gasteiger partial charge in [0.25, 0.3) is 0 Å². The molecule has 0 aromatic heterocycles. The van der Waals surface area contributed by atoms with Gasteiger partial charge in [0.05, 0.1) is 6.07 Å². The van der Waals surface area contributed by atoms with Crippen molar-refractivity contribution in [3.63, 3.8) is 0 Å². The smallest absolute Gasteiger partial charge is 0.240 e. The number of thioether (sulfide) groups is 1. The molecule has 1 aliphatic carbocycles. The normalized spacial score (nSPS) is 19.5. The van der Waals surface area contributed by atoms with Gasteiger partial charge < -0.3 is 5.32 Å². The fraction of sp³-hybridized carbons (Fsp3) is 0.800. The first-order chi connectivity index (χ1) is 6.64. The van der Waals surface area contributed by atoms with Crippen LogP contribution in [0.5, 0.6) is 0 Å². The van der Waals surface area contributed by atoms with Crippen molar-refractivity contribution in [2.75, 3.05) is 11.5 Å². The first-order valence-corrected chi connectivity index (χ1v) is 6.10. The maximum Gasteiger partial charge on any atom is 0.240 e. The second-order valence-electron chi connectivity index (χ2n) is 3.73. The van der Waals surface area contributed by atoms with Crippen molar-refractivity contribution in [3.8, 4) is 6.07 Å². The molecule has 4 heteroatoms. The molecule has 1 rings (SSSR count). The molecule has 3 nitrogen and oxygen atoms in total. The second-order valence-corrected chi connectivity index (χ2v) is 5.05. The number of carbonyl (C=O) groups is 1. The van der Waals surface area contributed by atoms with Crippen molar-refractivity contribution in [2.45, 2.75) is 32.7 Å². The molecule has 78 valence electrons. The van der Waals surface area contributed by atoms with E-state index in [1.165, 1.54) is 0 Å². The van der Waals surface area contributed by atoms with Crippen molar-refractivity contribution < 1.29 is 4.79 Å². The van der Waals surface area contributed by atoms with Crippen LogP contribution in [-0.4, -0.2) is 23.5 Å². The number of amides is 1. The highest BCUT2D eigenvalue weighted by Gasteiger charge is 2.50. The Kier molecular flexibility index (Phi) is 3.82. The molecule has 1 amide bonds. The van der Waals surface area contributed by atoms with Crippen LogP contribution >= 0.6 is 11.8 Å². The Bertz CT molecular complexity index is 255. The van der Waals surface area contributed by atoms with Gasteiger partial charge in [0.1, 0.15) is 5.41 Å². The molecular formula is C10H16N2OS. The van der Waals surface area contributed by atoms with Crippen LogP contribution in [0, 0.1) is 16.7 Å². The van der Waals surface area contributed by atoms with Crippen LogP contribution in [-0.2, 0) is 4.79 Å². The van der Waals surface area contributed by atoms with E-state index in [4.69, 9.17) is 5.26 Å². The number of nitrogens with one attached hydrogen (secondary N) is 1. The molecule has 0 saturated heterocycles. The number of hydrogen-bond acceptors (Lipinski definition) is 3. The van der Waals surface area contributed by atoms with Crippen LogP contribution in [0.25, 0.3) is 0 Å². The van der Waals surface area contributed by atoms with E-state index in [9.17, 15) is 4.79 Å². The van der Waals surface area contributed by atoms with Gasteiger partial charge in [-0.2, -0.15) is 17.0 Å². The van der Waals surface area contributed by atoms with E-state index in [1.54, 1.807) is 11.8 Å². The van der Waals surface area contributed by atoms with Gasteiger partial charge in [-0.05, 0) is 25.5 Å². The van der Waals surface area contributed by atoms with Crippen molar-refractivity contribution in [3.05, 3.63) is 0 Å². The summed E-state index contributed by atoms with van der Waals surface area (Å²) >= 11 is 1.80. The molecule has 1 atom stereocenters. The van der Waals surface area contributed by atoms with Crippen LogP contribution in [0.3, 0.4) is 0 Å². The number of rotatable bonds is 5. The van der Waals surface area contributed by atoms with E-state index in [0.29, 0.717) is 0 Å². The lowest BCUT2D eigenvalue weighted by atomic mass is 10.1. The summed E-state index contributed by atoms with van der Waals surface area (Å²) in [6.07, 6.45) is 1.45. The third kappa shape index (κ3) is 2.65. The molecule has 1 unspecified atom stereocenters. The third-order valence-corrected chi connectivity index (χ3v) is 3.49. The van der Waals surface area contributed by atoms with E-state index in [0.717, 1.165) is 24.3 Å². The summed E-state index contributed by atoms with van der Waals surface area (Å²) in [7, 11) is 0. The number of nitrogens with zero attached hydrogens (tertiary/aromatic N) is 1. The van der Waals surface area contributed by atoms with Crippen LogP contribution in [0.4, 0.5) is 0 Å². The van der Waals surface area contributed by atoms with Crippen molar-refractivity contribution >= 4 is 17.7 Å². The zero-order valence-electron chi connectivity index (χ0n) is 8.67. The molecule has 1 aliphatic rings. The summed E-state index contributed by atoms with van der Waals surface area (Å²) in [4.78, 5) is 11.6.